The third-order valence-electron chi connectivity index (χ3n) is 3.02. The zero-order valence-electron chi connectivity index (χ0n) is 13.0. The van der Waals surface area contributed by atoms with Gasteiger partial charge >= 0.3 is 0 Å². The minimum Gasteiger partial charge on any atom is -0.381 e. The van der Waals surface area contributed by atoms with Gasteiger partial charge in [-0.05, 0) is 37.5 Å². The van der Waals surface area contributed by atoms with Crippen molar-refractivity contribution in [3.05, 3.63) is 35.4 Å². The van der Waals surface area contributed by atoms with Crippen molar-refractivity contribution >= 4 is 5.91 Å². The zero-order chi connectivity index (χ0) is 16.0. The van der Waals surface area contributed by atoms with E-state index in [0.29, 0.717) is 24.7 Å². The van der Waals surface area contributed by atoms with Gasteiger partial charge in [0.2, 0.25) is 5.91 Å². The van der Waals surface area contributed by atoms with Crippen molar-refractivity contribution in [1.82, 2.24) is 5.32 Å². The van der Waals surface area contributed by atoms with Gasteiger partial charge < -0.3 is 10.1 Å². The van der Waals surface area contributed by atoms with Crippen LogP contribution >= 0.6 is 0 Å². The van der Waals surface area contributed by atoms with Gasteiger partial charge in [-0.1, -0.05) is 19.9 Å². The molecule has 1 N–H and O–H groups in total. The molecule has 1 rings (SSSR count). The Kier molecular flexibility index (Phi) is 6.27. The van der Waals surface area contributed by atoms with Crippen molar-refractivity contribution in [3.63, 3.8) is 0 Å². The third-order valence-corrected chi connectivity index (χ3v) is 3.02. The van der Waals surface area contributed by atoms with Gasteiger partial charge in [0.1, 0.15) is 0 Å². The van der Waals surface area contributed by atoms with E-state index in [1.54, 1.807) is 13.8 Å². The standard InChI is InChI=1S/C16H23F2NO2/c1-11(2)10-21-8-7-15(20)19-16(3,4)12-5-6-13(17)14(18)9-12/h5-6,9,11H,7-8,10H2,1-4H3,(H,19,20). The maximum Gasteiger partial charge on any atom is 0.222 e. The van der Waals surface area contributed by atoms with E-state index < -0.39 is 17.2 Å². The van der Waals surface area contributed by atoms with Crippen molar-refractivity contribution in [2.24, 2.45) is 5.92 Å². The molecule has 0 fully saturated rings. The molecule has 0 saturated heterocycles. The lowest BCUT2D eigenvalue weighted by atomic mass is 9.94. The summed E-state index contributed by atoms with van der Waals surface area (Å²) in [5, 5.41) is 2.80. The second kappa shape index (κ2) is 7.50. The summed E-state index contributed by atoms with van der Waals surface area (Å²) in [5.74, 6) is -1.58. The number of carbonyl (C=O) groups excluding carboxylic acids is 1. The van der Waals surface area contributed by atoms with Gasteiger partial charge in [-0.15, -0.1) is 0 Å². The average Bonchev–Trinajstić information content (AvgIpc) is 2.37. The van der Waals surface area contributed by atoms with Crippen LogP contribution in [0.1, 0.15) is 39.7 Å². The van der Waals surface area contributed by atoms with E-state index in [9.17, 15) is 13.6 Å². The van der Waals surface area contributed by atoms with Crippen molar-refractivity contribution < 1.29 is 18.3 Å². The minimum absolute atomic E-state index is 0.187. The molecule has 5 heteroatoms. The lowest BCUT2D eigenvalue weighted by Crippen LogP contribution is -2.41. The molecule has 0 radical (unpaired) electrons. The van der Waals surface area contributed by atoms with Crippen LogP contribution in [-0.2, 0) is 15.1 Å². The number of carbonyl (C=O) groups is 1. The van der Waals surface area contributed by atoms with Crippen LogP contribution in [0, 0.1) is 17.6 Å². The fourth-order valence-electron chi connectivity index (χ4n) is 1.85. The van der Waals surface area contributed by atoms with E-state index in [0.717, 1.165) is 12.1 Å². The fraction of sp³-hybridized carbons (Fsp3) is 0.562. The van der Waals surface area contributed by atoms with Crippen LogP contribution < -0.4 is 5.32 Å². The van der Waals surface area contributed by atoms with E-state index in [4.69, 9.17) is 4.74 Å². The summed E-state index contributed by atoms with van der Waals surface area (Å²) in [4.78, 5) is 11.9. The van der Waals surface area contributed by atoms with E-state index in [-0.39, 0.29) is 12.3 Å². The average molecular weight is 299 g/mol. The number of nitrogens with one attached hydrogen (secondary N) is 1. The molecule has 0 bridgehead atoms. The topological polar surface area (TPSA) is 38.3 Å². The molecule has 0 aliphatic heterocycles. The smallest absolute Gasteiger partial charge is 0.222 e. The van der Waals surface area contributed by atoms with Gasteiger partial charge in [0.25, 0.3) is 0 Å². The number of amides is 1. The van der Waals surface area contributed by atoms with Gasteiger partial charge in [0.15, 0.2) is 11.6 Å². The predicted octanol–water partition coefficient (Wildman–Crippen LogP) is 3.38. The molecule has 0 aliphatic carbocycles. The summed E-state index contributed by atoms with van der Waals surface area (Å²) in [5.41, 5.74) is -0.262. The highest BCUT2D eigenvalue weighted by atomic mass is 19.2. The van der Waals surface area contributed by atoms with Crippen molar-refractivity contribution in [1.29, 1.82) is 0 Å². The molecule has 3 nitrogen and oxygen atoms in total. The SMILES string of the molecule is CC(C)COCCC(=O)NC(C)(C)c1ccc(F)c(F)c1. The molecule has 0 unspecified atom stereocenters. The maximum absolute atomic E-state index is 13.3. The first-order valence-electron chi connectivity index (χ1n) is 7.06. The van der Waals surface area contributed by atoms with E-state index in [2.05, 4.69) is 5.32 Å². The molecule has 0 aromatic heterocycles. The molecule has 1 amide bonds. The normalized spacial score (nSPS) is 11.8. The molecular formula is C16H23F2NO2. The Morgan fingerprint density at radius 1 is 1.29 bits per heavy atom. The Hall–Kier alpha value is -1.49. The Labute approximate surface area is 124 Å². The number of rotatable bonds is 7. The predicted molar refractivity (Wildman–Crippen MR) is 77.8 cm³/mol. The number of hydrogen-bond acceptors (Lipinski definition) is 2. The largest absolute Gasteiger partial charge is 0.381 e. The first kappa shape index (κ1) is 17.6. The van der Waals surface area contributed by atoms with Crippen LogP contribution in [0.5, 0.6) is 0 Å². The Morgan fingerprint density at radius 3 is 2.52 bits per heavy atom. The summed E-state index contributed by atoms with van der Waals surface area (Å²) in [6.45, 7) is 8.51. The fourth-order valence-corrected chi connectivity index (χ4v) is 1.85. The van der Waals surface area contributed by atoms with Gasteiger partial charge in [-0.2, -0.15) is 0 Å². The molecule has 0 heterocycles. The molecule has 118 valence electrons. The quantitative estimate of drug-likeness (QED) is 0.784. The summed E-state index contributed by atoms with van der Waals surface area (Å²) in [6, 6.07) is 3.63. The molecule has 0 saturated carbocycles. The summed E-state index contributed by atoms with van der Waals surface area (Å²) in [7, 11) is 0. The molecule has 0 atom stereocenters. The van der Waals surface area contributed by atoms with Crippen molar-refractivity contribution in [2.45, 2.75) is 39.7 Å². The lowest BCUT2D eigenvalue weighted by molar-refractivity contribution is -0.124. The van der Waals surface area contributed by atoms with Crippen molar-refractivity contribution in [2.75, 3.05) is 13.2 Å². The minimum atomic E-state index is -0.921. The maximum atomic E-state index is 13.3. The van der Waals surface area contributed by atoms with Gasteiger partial charge in [-0.25, -0.2) is 8.78 Å². The zero-order valence-corrected chi connectivity index (χ0v) is 13.0. The van der Waals surface area contributed by atoms with E-state index in [1.807, 2.05) is 13.8 Å². The van der Waals surface area contributed by atoms with Crippen LogP contribution in [0.3, 0.4) is 0 Å². The molecular weight excluding hydrogens is 276 g/mol. The highest BCUT2D eigenvalue weighted by molar-refractivity contribution is 5.77. The number of hydrogen-bond donors (Lipinski definition) is 1. The summed E-state index contributed by atoms with van der Waals surface area (Å²) >= 11 is 0. The number of halogens is 2. The number of benzene rings is 1. The third kappa shape index (κ3) is 5.79. The molecule has 1 aromatic rings. The molecule has 0 spiro atoms. The molecule has 0 aliphatic rings. The second-order valence-electron chi connectivity index (χ2n) is 6.02. The Balaban J connectivity index is 2.54. The highest BCUT2D eigenvalue weighted by Gasteiger charge is 2.23. The molecule has 21 heavy (non-hydrogen) atoms. The first-order valence-corrected chi connectivity index (χ1v) is 7.06. The highest BCUT2D eigenvalue weighted by Crippen LogP contribution is 2.22. The Bertz CT molecular complexity index is 487. The summed E-state index contributed by atoms with van der Waals surface area (Å²) in [6.07, 6.45) is 0.236. The van der Waals surface area contributed by atoms with E-state index >= 15 is 0 Å². The molecule has 1 aromatic carbocycles. The monoisotopic (exact) mass is 299 g/mol. The number of ether oxygens (including phenoxy) is 1. The second-order valence-corrected chi connectivity index (χ2v) is 6.02. The van der Waals surface area contributed by atoms with Gasteiger partial charge in [0.05, 0.1) is 12.1 Å². The lowest BCUT2D eigenvalue weighted by Gasteiger charge is -2.27. The van der Waals surface area contributed by atoms with Crippen LogP contribution in [0.2, 0.25) is 0 Å². The van der Waals surface area contributed by atoms with Crippen LogP contribution in [-0.4, -0.2) is 19.1 Å². The van der Waals surface area contributed by atoms with Crippen LogP contribution in [0.15, 0.2) is 18.2 Å². The Morgan fingerprint density at radius 2 is 1.95 bits per heavy atom. The van der Waals surface area contributed by atoms with Crippen LogP contribution in [0.25, 0.3) is 0 Å². The van der Waals surface area contributed by atoms with Gasteiger partial charge in [0, 0.05) is 13.0 Å². The first-order chi connectivity index (χ1) is 9.72. The van der Waals surface area contributed by atoms with Gasteiger partial charge in [-0.3, -0.25) is 4.79 Å². The summed E-state index contributed by atoms with van der Waals surface area (Å²) < 4.78 is 31.6. The van der Waals surface area contributed by atoms with Crippen LogP contribution in [0.4, 0.5) is 8.78 Å². The van der Waals surface area contributed by atoms with E-state index in [1.165, 1.54) is 6.07 Å². The van der Waals surface area contributed by atoms with Crippen molar-refractivity contribution in [3.8, 4) is 0 Å².